The molecule has 5 heteroatoms. The van der Waals surface area contributed by atoms with Gasteiger partial charge in [-0.15, -0.1) is 0 Å². The first-order valence-electron chi connectivity index (χ1n) is 7.64. The molecule has 0 aliphatic carbocycles. The molecular weight excluding hydrogens is 268 g/mol. The number of anilines is 1. The fraction of sp³-hybridized carbons (Fsp3) is 0.625. The lowest BCUT2D eigenvalue weighted by Gasteiger charge is -2.38. The Bertz CT molecular complexity index is 507. The molecule has 116 valence electrons. The topological polar surface area (TPSA) is 57.0 Å². The Hall–Kier alpha value is -1.30. The molecule has 2 heterocycles. The SMILES string of the molecule is CCC1COC(C)CN1Cc1cc(N)cc2c1OCOC2. The second kappa shape index (κ2) is 6.22. The van der Waals surface area contributed by atoms with Gasteiger partial charge >= 0.3 is 0 Å². The lowest BCUT2D eigenvalue weighted by Crippen LogP contribution is -2.47. The molecule has 0 saturated carbocycles. The van der Waals surface area contributed by atoms with E-state index < -0.39 is 0 Å². The first-order valence-corrected chi connectivity index (χ1v) is 7.64. The lowest BCUT2D eigenvalue weighted by atomic mass is 10.0. The van der Waals surface area contributed by atoms with Crippen molar-refractivity contribution < 1.29 is 14.2 Å². The van der Waals surface area contributed by atoms with Gasteiger partial charge in [-0.3, -0.25) is 4.90 Å². The number of ether oxygens (including phenoxy) is 3. The normalized spacial score (nSPS) is 26.2. The molecule has 1 aromatic carbocycles. The minimum absolute atomic E-state index is 0.272. The molecule has 5 nitrogen and oxygen atoms in total. The van der Waals surface area contributed by atoms with E-state index in [-0.39, 0.29) is 6.10 Å². The van der Waals surface area contributed by atoms with Crippen molar-refractivity contribution in [3.05, 3.63) is 23.3 Å². The van der Waals surface area contributed by atoms with E-state index in [1.165, 1.54) is 0 Å². The number of hydrogen-bond donors (Lipinski definition) is 1. The van der Waals surface area contributed by atoms with E-state index in [1.807, 2.05) is 12.1 Å². The molecule has 0 bridgehead atoms. The molecule has 2 unspecified atom stereocenters. The maximum absolute atomic E-state index is 6.03. The standard InChI is InChI=1S/C16H24N2O3/c1-3-15-9-20-11(2)6-18(15)7-12-4-14(17)5-13-8-19-10-21-16(12)13/h4-5,11,15H,3,6-10,17H2,1-2H3. The minimum Gasteiger partial charge on any atom is -0.467 e. The zero-order chi connectivity index (χ0) is 14.8. The van der Waals surface area contributed by atoms with Crippen LogP contribution < -0.4 is 10.5 Å². The van der Waals surface area contributed by atoms with Gasteiger partial charge in [0.1, 0.15) is 5.75 Å². The van der Waals surface area contributed by atoms with Crippen LogP contribution in [0.5, 0.6) is 5.75 Å². The molecule has 2 N–H and O–H groups in total. The smallest absolute Gasteiger partial charge is 0.189 e. The number of nitrogens with two attached hydrogens (primary N) is 1. The second-order valence-electron chi connectivity index (χ2n) is 5.91. The van der Waals surface area contributed by atoms with Crippen molar-refractivity contribution in [2.24, 2.45) is 0 Å². The van der Waals surface area contributed by atoms with E-state index >= 15 is 0 Å². The van der Waals surface area contributed by atoms with E-state index in [0.29, 0.717) is 19.4 Å². The van der Waals surface area contributed by atoms with Crippen molar-refractivity contribution in [3.63, 3.8) is 0 Å². The molecule has 0 spiro atoms. The van der Waals surface area contributed by atoms with Crippen LogP contribution in [0.2, 0.25) is 0 Å². The third kappa shape index (κ3) is 3.15. The van der Waals surface area contributed by atoms with Crippen LogP contribution in [0.15, 0.2) is 12.1 Å². The molecule has 1 fully saturated rings. The maximum Gasteiger partial charge on any atom is 0.189 e. The number of benzene rings is 1. The van der Waals surface area contributed by atoms with Crippen LogP contribution in [-0.4, -0.2) is 37.0 Å². The van der Waals surface area contributed by atoms with E-state index in [0.717, 1.165) is 48.7 Å². The van der Waals surface area contributed by atoms with Crippen LogP contribution in [0.25, 0.3) is 0 Å². The highest BCUT2D eigenvalue weighted by Crippen LogP contribution is 2.32. The first kappa shape index (κ1) is 14.6. The largest absolute Gasteiger partial charge is 0.467 e. The highest BCUT2D eigenvalue weighted by Gasteiger charge is 2.27. The average molecular weight is 292 g/mol. The summed E-state index contributed by atoms with van der Waals surface area (Å²) in [5, 5.41) is 0. The van der Waals surface area contributed by atoms with Gasteiger partial charge in [0.15, 0.2) is 6.79 Å². The fourth-order valence-electron chi connectivity index (χ4n) is 3.14. The van der Waals surface area contributed by atoms with Crippen molar-refractivity contribution in [1.82, 2.24) is 4.90 Å². The van der Waals surface area contributed by atoms with Gasteiger partial charge in [-0.2, -0.15) is 0 Å². The van der Waals surface area contributed by atoms with Crippen molar-refractivity contribution in [3.8, 4) is 5.75 Å². The Morgan fingerprint density at radius 1 is 1.38 bits per heavy atom. The second-order valence-corrected chi connectivity index (χ2v) is 5.91. The Kier molecular flexibility index (Phi) is 4.33. The third-order valence-corrected chi connectivity index (χ3v) is 4.24. The maximum atomic E-state index is 6.03. The van der Waals surface area contributed by atoms with Crippen LogP contribution in [0.3, 0.4) is 0 Å². The van der Waals surface area contributed by atoms with Gasteiger partial charge in [-0.05, 0) is 25.5 Å². The van der Waals surface area contributed by atoms with E-state index in [2.05, 4.69) is 18.7 Å². The molecule has 2 aliphatic rings. The molecule has 1 aromatic rings. The number of nitrogen functional groups attached to an aromatic ring is 1. The summed E-state index contributed by atoms with van der Waals surface area (Å²) in [5.74, 6) is 0.949. The quantitative estimate of drug-likeness (QED) is 0.865. The summed E-state index contributed by atoms with van der Waals surface area (Å²) in [6.45, 7) is 7.81. The summed E-state index contributed by atoms with van der Waals surface area (Å²) in [6, 6.07) is 4.42. The zero-order valence-corrected chi connectivity index (χ0v) is 12.8. The molecule has 2 atom stereocenters. The van der Waals surface area contributed by atoms with E-state index in [1.54, 1.807) is 0 Å². The lowest BCUT2D eigenvalue weighted by molar-refractivity contribution is -0.0603. The van der Waals surface area contributed by atoms with Crippen molar-refractivity contribution in [1.29, 1.82) is 0 Å². The Morgan fingerprint density at radius 2 is 2.24 bits per heavy atom. The Balaban J connectivity index is 1.84. The molecule has 1 saturated heterocycles. The van der Waals surface area contributed by atoms with Gasteiger partial charge in [0, 0.05) is 35.9 Å². The number of hydrogen-bond acceptors (Lipinski definition) is 5. The predicted molar refractivity (Wildman–Crippen MR) is 81.0 cm³/mol. The summed E-state index contributed by atoms with van der Waals surface area (Å²) in [5.41, 5.74) is 9.00. The molecule has 2 aliphatic heterocycles. The van der Waals surface area contributed by atoms with E-state index in [4.69, 9.17) is 19.9 Å². The van der Waals surface area contributed by atoms with Crippen molar-refractivity contribution in [2.45, 2.75) is 45.6 Å². The van der Waals surface area contributed by atoms with Gasteiger partial charge in [-0.1, -0.05) is 6.92 Å². The minimum atomic E-state index is 0.272. The van der Waals surface area contributed by atoms with Gasteiger partial charge < -0.3 is 19.9 Å². The molecule has 0 aromatic heterocycles. The average Bonchev–Trinajstić information content (AvgIpc) is 2.47. The number of rotatable bonds is 3. The molecule has 0 amide bonds. The summed E-state index contributed by atoms with van der Waals surface area (Å²) < 4.78 is 16.8. The highest BCUT2D eigenvalue weighted by molar-refractivity contribution is 5.53. The molecule has 0 radical (unpaired) electrons. The number of morpholine rings is 1. The Labute approximate surface area is 126 Å². The monoisotopic (exact) mass is 292 g/mol. The number of fused-ring (bicyclic) bond motifs is 1. The van der Waals surface area contributed by atoms with Crippen LogP contribution in [-0.2, 0) is 22.6 Å². The van der Waals surface area contributed by atoms with Crippen LogP contribution >= 0.6 is 0 Å². The highest BCUT2D eigenvalue weighted by atomic mass is 16.7. The van der Waals surface area contributed by atoms with E-state index in [9.17, 15) is 0 Å². The molecule has 3 rings (SSSR count). The van der Waals surface area contributed by atoms with Gasteiger partial charge in [0.25, 0.3) is 0 Å². The van der Waals surface area contributed by atoms with Crippen LogP contribution in [0, 0.1) is 0 Å². The van der Waals surface area contributed by atoms with Crippen molar-refractivity contribution in [2.75, 3.05) is 25.7 Å². The van der Waals surface area contributed by atoms with Crippen LogP contribution in [0.1, 0.15) is 31.4 Å². The predicted octanol–water partition coefficient (Wildman–Crippen LogP) is 2.13. The van der Waals surface area contributed by atoms with Gasteiger partial charge in [0.05, 0.1) is 19.3 Å². The summed E-state index contributed by atoms with van der Waals surface area (Å²) >= 11 is 0. The Morgan fingerprint density at radius 3 is 3.05 bits per heavy atom. The van der Waals surface area contributed by atoms with Gasteiger partial charge in [0.2, 0.25) is 0 Å². The number of nitrogens with zero attached hydrogens (tertiary/aromatic N) is 1. The summed E-state index contributed by atoms with van der Waals surface area (Å²) in [4.78, 5) is 2.47. The first-order chi connectivity index (χ1) is 10.2. The molecular formula is C16H24N2O3. The van der Waals surface area contributed by atoms with Gasteiger partial charge in [-0.25, -0.2) is 0 Å². The fourth-order valence-corrected chi connectivity index (χ4v) is 3.14. The summed E-state index contributed by atoms with van der Waals surface area (Å²) in [6.07, 6.45) is 1.36. The molecule has 21 heavy (non-hydrogen) atoms. The van der Waals surface area contributed by atoms with Crippen molar-refractivity contribution >= 4 is 5.69 Å². The zero-order valence-electron chi connectivity index (χ0n) is 12.8. The third-order valence-electron chi connectivity index (χ3n) is 4.24. The summed E-state index contributed by atoms with van der Waals surface area (Å²) in [7, 11) is 0. The van der Waals surface area contributed by atoms with Crippen LogP contribution in [0.4, 0.5) is 5.69 Å².